The number of carbonyl (C=O) groups is 1. The van der Waals surface area contributed by atoms with E-state index >= 15 is 0 Å². The maximum absolute atomic E-state index is 12.7. The first kappa shape index (κ1) is 14.5. The minimum atomic E-state index is 0.200. The van der Waals surface area contributed by atoms with Gasteiger partial charge in [0.1, 0.15) is 0 Å². The molecule has 2 nitrogen and oxygen atoms in total. The maximum Gasteiger partial charge on any atom is 0.195 e. The van der Waals surface area contributed by atoms with E-state index in [2.05, 4.69) is 30.1 Å². The van der Waals surface area contributed by atoms with Crippen molar-refractivity contribution in [3.8, 4) is 0 Å². The number of rotatable bonds is 1. The molecule has 0 atom stereocenters. The Morgan fingerprint density at radius 2 is 1.95 bits per heavy atom. The first-order valence-corrected chi connectivity index (χ1v) is 9.65. The average molecular weight is 329 g/mol. The summed E-state index contributed by atoms with van der Waals surface area (Å²) in [4.78, 5) is 15.1. The third-order valence-corrected chi connectivity index (χ3v) is 7.08. The molecule has 0 radical (unpaired) electrons. The smallest absolute Gasteiger partial charge is 0.195 e. The summed E-state index contributed by atoms with van der Waals surface area (Å²) in [5, 5.41) is 2.02. The van der Waals surface area contributed by atoms with Crippen molar-refractivity contribution in [2.45, 2.75) is 28.7 Å². The van der Waals surface area contributed by atoms with Gasteiger partial charge in [-0.1, -0.05) is 18.2 Å². The van der Waals surface area contributed by atoms with Crippen LogP contribution in [0.2, 0.25) is 0 Å². The van der Waals surface area contributed by atoms with Crippen LogP contribution in [0.5, 0.6) is 0 Å². The molecule has 2 aliphatic heterocycles. The van der Waals surface area contributed by atoms with Gasteiger partial charge in [0.05, 0.1) is 4.21 Å². The summed E-state index contributed by atoms with van der Waals surface area (Å²) in [6.07, 6.45) is 2.45. The van der Waals surface area contributed by atoms with Gasteiger partial charge in [-0.05, 0) is 61.5 Å². The standard InChI is InChI=1S/C18H19NOS2/c1-19-7-4-12(5-8-19)13-2-3-15-14(10-13)11-22-18-16(17(15)20)6-9-21-18/h2-3,6,9-10,12H,4-5,7-8,11H2,1H3. The molecule has 0 unspecified atom stereocenters. The fourth-order valence-electron chi connectivity index (χ4n) is 3.41. The van der Waals surface area contributed by atoms with Crippen molar-refractivity contribution < 1.29 is 4.79 Å². The Labute approximate surface area is 139 Å². The summed E-state index contributed by atoms with van der Waals surface area (Å²) >= 11 is 3.49. The second kappa shape index (κ2) is 5.84. The monoisotopic (exact) mass is 329 g/mol. The molecule has 0 amide bonds. The summed E-state index contributed by atoms with van der Waals surface area (Å²) in [6.45, 7) is 2.35. The topological polar surface area (TPSA) is 20.3 Å². The van der Waals surface area contributed by atoms with Crippen molar-refractivity contribution in [1.82, 2.24) is 4.90 Å². The second-order valence-electron chi connectivity index (χ2n) is 6.23. The van der Waals surface area contributed by atoms with E-state index in [4.69, 9.17) is 0 Å². The number of piperidine rings is 1. The number of benzene rings is 1. The minimum absolute atomic E-state index is 0.200. The van der Waals surface area contributed by atoms with Crippen LogP contribution < -0.4 is 0 Å². The van der Waals surface area contributed by atoms with Crippen LogP contribution >= 0.6 is 23.1 Å². The molecule has 1 fully saturated rings. The van der Waals surface area contributed by atoms with E-state index in [0.29, 0.717) is 5.92 Å². The lowest BCUT2D eigenvalue weighted by molar-refractivity contribution is 0.103. The number of fused-ring (bicyclic) bond motifs is 2. The molecule has 0 N–H and O–H groups in total. The van der Waals surface area contributed by atoms with Crippen molar-refractivity contribution in [3.05, 3.63) is 51.9 Å². The van der Waals surface area contributed by atoms with Gasteiger partial charge in [0.25, 0.3) is 0 Å². The molecule has 0 aliphatic carbocycles. The Kier molecular flexibility index (Phi) is 3.84. The summed E-state index contributed by atoms with van der Waals surface area (Å²) in [6, 6.07) is 8.52. The van der Waals surface area contributed by atoms with Crippen LogP contribution in [0.3, 0.4) is 0 Å². The Morgan fingerprint density at radius 1 is 1.14 bits per heavy atom. The third-order valence-electron chi connectivity index (χ3n) is 4.80. The average Bonchev–Trinajstić information content (AvgIpc) is 2.96. The number of likely N-dealkylation sites (tertiary alicyclic amines) is 1. The number of thioether (sulfide) groups is 1. The quantitative estimate of drug-likeness (QED) is 0.774. The van der Waals surface area contributed by atoms with Crippen LogP contribution in [-0.4, -0.2) is 30.8 Å². The Morgan fingerprint density at radius 3 is 2.77 bits per heavy atom. The van der Waals surface area contributed by atoms with Gasteiger partial charge in [0, 0.05) is 16.9 Å². The fourth-order valence-corrected chi connectivity index (χ4v) is 5.49. The van der Waals surface area contributed by atoms with Gasteiger partial charge in [-0.2, -0.15) is 0 Å². The van der Waals surface area contributed by atoms with Crippen LogP contribution in [0.4, 0.5) is 0 Å². The van der Waals surface area contributed by atoms with Crippen LogP contribution in [0.25, 0.3) is 0 Å². The van der Waals surface area contributed by atoms with Crippen molar-refractivity contribution in [3.63, 3.8) is 0 Å². The first-order valence-electron chi connectivity index (χ1n) is 7.79. The van der Waals surface area contributed by atoms with Crippen LogP contribution in [0.15, 0.2) is 33.9 Å². The van der Waals surface area contributed by atoms with Gasteiger partial charge < -0.3 is 4.90 Å². The van der Waals surface area contributed by atoms with Crippen LogP contribution in [-0.2, 0) is 5.75 Å². The van der Waals surface area contributed by atoms with Gasteiger partial charge in [-0.25, -0.2) is 0 Å². The van der Waals surface area contributed by atoms with Gasteiger partial charge in [0.2, 0.25) is 0 Å². The van der Waals surface area contributed by atoms with E-state index in [1.54, 1.807) is 11.3 Å². The normalized spacial score (nSPS) is 19.6. The SMILES string of the molecule is CN1CCC(c2ccc3c(c2)CSc2sccc2C3=O)CC1. The Balaban J connectivity index is 1.66. The number of thiophene rings is 1. The number of nitrogens with zero attached hydrogens (tertiary/aromatic N) is 1. The molecule has 4 rings (SSSR count). The maximum atomic E-state index is 12.7. The molecule has 0 saturated carbocycles. The molecule has 1 aromatic heterocycles. The molecule has 0 bridgehead atoms. The van der Waals surface area contributed by atoms with Gasteiger partial charge in [-0.3, -0.25) is 4.79 Å². The van der Waals surface area contributed by atoms with Crippen LogP contribution in [0.1, 0.15) is 45.8 Å². The Hall–Kier alpha value is -1.10. The lowest BCUT2D eigenvalue weighted by Crippen LogP contribution is -2.29. The first-order chi connectivity index (χ1) is 10.7. The summed E-state index contributed by atoms with van der Waals surface area (Å²) in [7, 11) is 2.20. The molecule has 1 aromatic carbocycles. The number of carbonyl (C=O) groups excluding carboxylic acids is 1. The van der Waals surface area contributed by atoms with Gasteiger partial charge >= 0.3 is 0 Å². The van der Waals surface area contributed by atoms with E-state index in [0.717, 1.165) is 16.9 Å². The molecule has 4 heteroatoms. The lowest BCUT2D eigenvalue weighted by atomic mass is 9.87. The highest BCUT2D eigenvalue weighted by atomic mass is 32.2. The third kappa shape index (κ3) is 2.53. The number of hydrogen-bond donors (Lipinski definition) is 0. The fraction of sp³-hybridized carbons (Fsp3) is 0.389. The van der Waals surface area contributed by atoms with Crippen molar-refractivity contribution in [1.29, 1.82) is 0 Å². The zero-order chi connectivity index (χ0) is 15.1. The van der Waals surface area contributed by atoms with Crippen LogP contribution in [0, 0.1) is 0 Å². The number of ketones is 1. The minimum Gasteiger partial charge on any atom is -0.306 e. The molecule has 3 heterocycles. The molecule has 1 saturated heterocycles. The molecule has 22 heavy (non-hydrogen) atoms. The highest BCUT2D eigenvalue weighted by Crippen LogP contribution is 2.38. The molecular weight excluding hydrogens is 310 g/mol. The Bertz CT molecular complexity index is 714. The molecular formula is C18H19NOS2. The predicted octanol–water partition coefficient (Wildman–Crippen LogP) is 4.39. The van der Waals surface area contributed by atoms with Crippen molar-refractivity contribution in [2.75, 3.05) is 20.1 Å². The molecule has 0 spiro atoms. The van der Waals surface area contributed by atoms with E-state index in [9.17, 15) is 4.79 Å². The summed E-state index contributed by atoms with van der Waals surface area (Å²) < 4.78 is 1.17. The molecule has 2 aliphatic rings. The highest BCUT2D eigenvalue weighted by molar-refractivity contribution is 8.00. The number of hydrogen-bond acceptors (Lipinski definition) is 4. The molecule has 2 aromatic rings. The van der Waals surface area contributed by atoms with Crippen molar-refractivity contribution >= 4 is 28.9 Å². The zero-order valence-corrected chi connectivity index (χ0v) is 14.3. The largest absolute Gasteiger partial charge is 0.306 e. The predicted molar refractivity (Wildman–Crippen MR) is 93.2 cm³/mol. The van der Waals surface area contributed by atoms with E-state index in [1.807, 2.05) is 23.2 Å². The second-order valence-corrected chi connectivity index (χ2v) is 8.39. The van der Waals surface area contributed by atoms with Crippen molar-refractivity contribution in [2.24, 2.45) is 0 Å². The molecule has 114 valence electrons. The zero-order valence-electron chi connectivity index (χ0n) is 12.7. The van der Waals surface area contributed by atoms with E-state index in [-0.39, 0.29) is 5.78 Å². The summed E-state index contributed by atoms with van der Waals surface area (Å²) in [5.41, 5.74) is 4.43. The van der Waals surface area contributed by atoms with E-state index in [1.165, 1.54) is 41.3 Å². The van der Waals surface area contributed by atoms with E-state index < -0.39 is 0 Å². The van der Waals surface area contributed by atoms with Gasteiger partial charge in [-0.15, -0.1) is 23.1 Å². The highest BCUT2D eigenvalue weighted by Gasteiger charge is 2.24. The van der Waals surface area contributed by atoms with Gasteiger partial charge in [0.15, 0.2) is 5.78 Å². The summed E-state index contributed by atoms with van der Waals surface area (Å²) in [5.74, 6) is 1.76. The lowest BCUT2D eigenvalue weighted by Gasteiger charge is -2.29.